The average molecular weight is 449 g/mol. The number of likely N-dealkylation sites (tertiary alicyclic amines) is 1. The highest BCUT2D eigenvalue weighted by atomic mass is 16.4. The molecule has 2 aromatic rings. The van der Waals surface area contributed by atoms with Crippen LogP contribution in [0.2, 0.25) is 0 Å². The Morgan fingerprint density at radius 1 is 1.03 bits per heavy atom. The molecule has 1 aliphatic carbocycles. The van der Waals surface area contributed by atoms with Crippen molar-refractivity contribution in [2.45, 2.75) is 44.3 Å². The zero-order chi connectivity index (χ0) is 23.1. The van der Waals surface area contributed by atoms with E-state index in [0.717, 1.165) is 31.2 Å². The molecule has 1 saturated carbocycles. The highest BCUT2D eigenvalue weighted by Gasteiger charge is 2.58. The Balaban J connectivity index is 1.53. The van der Waals surface area contributed by atoms with Crippen molar-refractivity contribution in [3.05, 3.63) is 69.6 Å². The molecule has 0 spiro atoms. The number of carbonyl (C=O) groups is 2. The van der Waals surface area contributed by atoms with Crippen LogP contribution in [0.5, 0.6) is 0 Å². The summed E-state index contributed by atoms with van der Waals surface area (Å²) in [6, 6.07) is 11.7. The molecule has 1 saturated heterocycles. The van der Waals surface area contributed by atoms with Crippen molar-refractivity contribution < 1.29 is 19.8 Å². The van der Waals surface area contributed by atoms with Gasteiger partial charge in [-0.15, -0.1) is 0 Å². The molecule has 7 nitrogen and oxygen atoms in total. The quantitative estimate of drug-likeness (QED) is 0.733. The van der Waals surface area contributed by atoms with Crippen LogP contribution in [0.25, 0.3) is 12.2 Å². The van der Waals surface area contributed by atoms with Crippen molar-refractivity contribution in [3.63, 3.8) is 0 Å². The predicted octanol–water partition coefficient (Wildman–Crippen LogP) is 2.78. The summed E-state index contributed by atoms with van der Waals surface area (Å²) < 4.78 is 1.66. The summed E-state index contributed by atoms with van der Waals surface area (Å²) >= 11 is 0. The van der Waals surface area contributed by atoms with Crippen molar-refractivity contribution in [1.82, 2.24) is 9.47 Å². The summed E-state index contributed by atoms with van der Waals surface area (Å²) in [5.74, 6) is -2.34. The largest absolute Gasteiger partial charge is 0.480 e. The Morgan fingerprint density at radius 2 is 1.76 bits per heavy atom. The van der Waals surface area contributed by atoms with E-state index in [9.17, 15) is 24.6 Å². The van der Waals surface area contributed by atoms with E-state index in [1.807, 2.05) is 42.5 Å². The average Bonchev–Trinajstić information content (AvgIpc) is 3.54. The molecule has 1 aromatic heterocycles. The van der Waals surface area contributed by atoms with E-state index >= 15 is 0 Å². The summed E-state index contributed by atoms with van der Waals surface area (Å²) in [7, 11) is 0. The van der Waals surface area contributed by atoms with Crippen LogP contribution in [0.15, 0.2) is 47.3 Å². The van der Waals surface area contributed by atoms with Crippen molar-refractivity contribution in [2.75, 3.05) is 6.61 Å². The van der Waals surface area contributed by atoms with Crippen LogP contribution in [-0.4, -0.2) is 44.2 Å². The molecular weight excluding hydrogens is 420 g/mol. The fourth-order valence-electron chi connectivity index (χ4n) is 5.99. The fourth-order valence-corrected chi connectivity index (χ4v) is 5.99. The Kier molecular flexibility index (Phi) is 5.66. The van der Waals surface area contributed by atoms with Crippen LogP contribution in [0.4, 0.5) is 0 Å². The molecule has 2 aliphatic heterocycles. The number of rotatable bonds is 5. The van der Waals surface area contributed by atoms with Crippen LogP contribution in [0, 0.1) is 17.8 Å². The number of fused-ring (bicyclic) bond motifs is 3. The maximum atomic E-state index is 13.5. The number of aliphatic carboxylic acids is 1. The first-order valence-corrected chi connectivity index (χ1v) is 11.6. The van der Waals surface area contributed by atoms with Gasteiger partial charge < -0.3 is 19.7 Å². The standard InChI is InChI=1S/C26H28N2O5/c29-15-20-19-14-27-21(13-12-18(24(27)30)11-10-16-6-2-1-3-7-16)22(19)28(23(20)26(32)33)25(31)17-8-4-5-9-17/h1-3,6-7,10-13,17,19-20,22-23,29H,4-5,8-9,14-15H2,(H,32,33)/b11-10+/t19-,20-,22+,23-/m0/s1. The third-order valence-electron chi connectivity index (χ3n) is 7.57. The molecule has 5 rings (SSSR count). The molecule has 0 bridgehead atoms. The zero-order valence-electron chi connectivity index (χ0n) is 18.3. The number of pyridine rings is 1. The van der Waals surface area contributed by atoms with Crippen molar-refractivity contribution in [2.24, 2.45) is 17.8 Å². The first kappa shape index (κ1) is 21.6. The second-order valence-electron chi connectivity index (χ2n) is 9.34. The summed E-state index contributed by atoms with van der Waals surface area (Å²) in [5.41, 5.74) is 2.02. The van der Waals surface area contributed by atoms with Crippen LogP contribution >= 0.6 is 0 Å². The topological polar surface area (TPSA) is 99.8 Å². The highest BCUT2D eigenvalue weighted by molar-refractivity contribution is 5.87. The van der Waals surface area contributed by atoms with Crippen LogP contribution in [0.3, 0.4) is 0 Å². The molecule has 2 N–H and O–H groups in total. The van der Waals surface area contributed by atoms with E-state index in [1.165, 1.54) is 4.90 Å². The van der Waals surface area contributed by atoms with Gasteiger partial charge >= 0.3 is 5.97 Å². The molecule has 33 heavy (non-hydrogen) atoms. The number of benzene rings is 1. The number of aliphatic hydroxyl groups is 1. The van der Waals surface area contributed by atoms with Crippen LogP contribution in [0.1, 0.15) is 48.5 Å². The minimum Gasteiger partial charge on any atom is -0.480 e. The summed E-state index contributed by atoms with van der Waals surface area (Å²) in [6.45, 7) is -0.0363. The summed E-state index contributed by atoms with van der Waals surface area (Å²) in [6.07, 6.45) is 7.12. The maximum Gasteiger partial charge on any atom is 0.326 e. The molecule has 0 unspecified atom stereocenters. The van der Waals surface area contributed by atoms with Crippen molar-refractivity contribution in [1.29, 1.82) is 0 Å². The number of nitrogens with zero attached hydrogens (tertiary/aromatic N) is 2. The minimum absolute atomic E-state index is 0.153. The highest BCUT2D eigenvalue weighted by Crippen LogP contribution is 2.50. The predicted molar refractivity (Wildman–Crippen MR) is 123 cm³/mol. The monoisotopic (exact) mass is 448 g/mol. The summed E-state index contributed by atoms with van der Waals surface area (Å²) in [5, 5.41) is 20.1. The number of hydrogen-bond donors (Lipinski definition) is 2. The van der Waals surface area contributed by atoms with Gasteiger partial charge in [-0.05, 0) is 36.6 Å². The number of carbonyl (C=O) groups excluding carboxylic acids is 1. The molecule has 1 amide bonds. The Hall–Kier alpha value is -3.19. The van der Waals surface area contributed by atoms with Gasteiger partial charge in [-0.25, -0.2) is 4.79 Å². The smallest absolute Gasteiger partial charge is 0.326 e. The van der Waals surface area contributed by atoms with E-state index in [2.05, 4.69) is 0 Å². The lowest BCUT2D eigenvalue weighted by Gasteiger charge is -2.31. The second kappa shape index (κ2) is 8.63. The molecule has 7 heteroatoms. The number of aliphatic hydroxyl groups excluding tert-OH is 1. The van der Waals surface area contributed by atoms with Gasteiger partial charge in [0.05, 0.1) is 6.04 Å². The number of amides is 1. The third-order valence-corrected chi connectivity index (χ3v) is 7.57. The molecule has 3 heterocycles. The van der Waals surface area contributed by atoms with Gasteiger partial charge in [0, 0.05) is 42.2 Å². The van der Waals surface area contributed by atoms with Gasteiger partial charge in [0.25, 0.3) is 5.56 Å². The van der Waals surface area contributed by atoms with Crippen molar-refractivity contribution >= 4 is 24.0 Å². The zero-order valence-corrected chi connectivity index (χ0v) is 18.3. The molecule has 1 aromatic carbocycles. The molecule has 0 radical (unpaired) electrons. The first-order chi connectivity index (χ1) is 16.0. The lowest BCUT2D eigenvalue weighted by atomic mass is 9.88. The van der Waals surface area contributed by atoms with E-state index in [0.29, 0.717) is 17.8 Å². The Bertz CT molecular complexity index is 1150. The van der Waals surface area contributed by atoms with E-state index in [1.54, 1.807) is 16.7 Å². The Labute approximate surface area is 192 Å². The third kappa shape index (κ3) is 3.60. The van der Waals surface area contributed by atoms with Gasteiger partial charge in [-0.2, -0.15) is 0 Å². The molecule has 4 atom stereocenters. The van der Waals surface area contributed by atoms with Gasteiger partial charge in [0.1, 0.15) is 6.04 Å². The number of carboxylic acid groups (broad SMARTS) is 1. The molecule has 172 valence electrons. The van der Waals surface area contributed by atoms with Gasteiger partial charge in [-0.3, -0.25) is 9.59 Å². The lowest BCUT2D eigenvalue weighted by molar-refractivity contribution is -0.153. The molecule has 2 fully saturated rings. The number of hydrogen-bond acceptors (Lipinski definition) is 4. The molecule has 3 aliphatic rings. The molecular formula is C26H28N2O5. The van der Waals surface area contributed by atoms with Crippen LogP contribution < -0.4 is 5.56 Å². The lowest BCUT2D eigenvalue weighted by Crippen LogP contribution is -2.47. The fraction of sp³-hybridized carbons (Fsp3) is 0.423. The van der Waals surface area contributed by atoms with Gasteiger partial charge in [0.15, 0.2) is 0 Å². The first-order valence-electron chi connectivity index (χ1n) is 11.6. The minimum atomic E-state index is -1.09. The summed E-state index contributed by atoms with van der Waals surface area (Å²) in [4.78, 5) is 40.4. The van der Waals surface area contributed by atoms with E-state index in [4.69, 9.17) is 0 Å². The normalized spacial score (nSPS) is 26.6. The SMILES string of the molecule is O=C(O)[C@@H]1[C@@H](CO)[C@@H]2Cn3c(ccc(/C=C/c4ccccc4)c3=O)[C@@H]2N1C(=O)C1CCCC1. The van der Waals surface area contributed by atoms with Crippen LogP contribution in [-0.2, 0) is 16.1 Å². The van der Waals surface area contributed by atoms with E-state index < -0.39 is 24.0 Å². The van der Waals surface area contributed by atoms with Gasteiger partial charge in [0.2, 0.25) is 5.91 Å². The number of aromatic nitrogens is 1. The second-order valence-corrected chi connectivity index (χ2v) is 9.34. The van der Waals surface area contributed by atoms with E-state index in [-0.39, 0.29) is 29.9 Å². The Morgan fingerprint density at radius 3 is 2.42 bits per heavy atom. The number of carboxylic acids is 1. The van der Waals surface area contributed by atoms with Gasteiger partial charge in [-0.1, -0.05) is 49.2 Å². The maximum absolute atomic E-state index is 13.5. The van der Waals surface area contributed by atoms with Crippen molar-refractivity contribution in [3.8, 4) is 0 Å².